The quantitative estimate of drug-likeness (QED) is 0.725. The van der Waals surface area contributed by atoms with Crippen LogP contribution in [0, 0.1) is 0 Å². The van der Waals surface area contributed by atoms with Crippen molar-refractivity contribution in [1.29, 1.82) is 0 Å². The Hall–Kier alpha value is -2.50. The molecule has 0 amide bonds. The highest BCUT2D eigenvalue weighted by molar-refractivity contribution is 5.78. The maximum absolute atomic E-state index is 12.9. The first-order valence-electron chi connectivity index (χ1n) is 5.71. The van der Waals surface area contributed by atoms with Crippen molar-refractivity contribution >= 4 is 11.1 Å². The molecule has 0 aliphatic rings. The van der Waals surface area contributed by atoms with E-state index in [9.17, 15) is 18.3 Å². The molecule has 0 saturated heterocycles. The van der Waals surface area contributed by atoms with Crippen LogP contribution in [0.2, 0.25) is 0 Å². The zero-order valence-electron chi connectivity index (χ0n) is 9.98. The molecule has 0 aliphatic heterocycles. The largest absolute Gasteiger partial charge is 0.508 e. The summed E-state index contributed by atoms with van der Waals surface area (Å²) in [6.07, 6.45) is -4.49. The third-order valence-corrected chi connectivity index (χ3v) is 2.83. The van der Waals surface area contributed by atoms with Gasteiger partial charge in [0.05, 0.1) is 5.56 Å². The second-order valence-corrected chi connectivity index (χ2v) is 4.21. The SMILES string of the molecule is Oc1ccc2oc(-c3ccccc3C(F)(F)F)nc2c1. The fraction of sp³-hybridized carbons (Fsp3) is 0.0714. The van der Waals surface area contributed by atoms with Crippen molar-refractivity contribution in [3.63, 3.8) is 0 Å². The number of oxazole rings is 1. The van der Waals surface area contributed by atoms with Gasteiger partial charge in [0.2, 0.25) is 5.89 Å². The third-order valence-electron chi connectivity index (χ3n) is 2.83. The van der Waals surface area contributed by atoms with E-state index in [1.807, 2.05) is 0 Å². The van der Waals surface area contributed by atoms with Gasteiger partial charge in [0, 0.05) is 11.6 Å². The fourth-order valence-corrected chi connectivity index (χ4v) is 1.95. The van der Waals surface area contributed by atoms with Crippen LogP contribution in [0.1, 0.15) is 5.56 Å². The first-order valence-corrected chi connectivity index (χ1v) is 5.71. The molecule has 2 aromatic carbocycles. The first-order chi connectivity index (χ1) is 9.45. The Kier molecular flexibility index (Phi) is 2.67. The highest BCUT2D eigenvalue weighted by Crippen LogP contribution is 2.37. The predicted molar refractivity (Wildman–Crippen MR) is 66.1 cm³/mol. The Bertz CT molecular complexity index is 777. The molecule has 3 rings (SSSR count). The maximum Gasteiger partial charge on any atom is 0.417 e. The standard InChI is InChI=1S/C14H8F3NO2/c15-14(16,17)10-4-2-1-3-9(10)13-18-11-7-8(19)5-6-12(11)20-13/h1-7,19H. The molecular weight excluding hydrogens is 271 g/mol. The average Bonchev–Trinajstić information content (AvgIpc) is 2.80. The Morgan fingerprint density at radius 1 is 1.05 bits per heavy atom. The first kappa shape index (κ1) is 12.5. The van der Waals surface area contributed by atoms with Crippen molar-refractivity contribution in [3.8, 4) is 17.2 Å². The van der Waals surface area contributed by atoms with Gasteiger partial charge in [0.1, 0.15) is 11.3 Å². The van der Waals surface area contributed by atoms with E-state index < -0.39 is 11.7 Å². The molecule has 0 radical (unpaired) electrons. The number of nitrogens with zero attached hydrogens (tertiary/aromatic N) is 1. The Labute approximate surface area is 111 Å². The molecule has 3 nitrogen and oxygen atoms in total. The van der Waals surface area contributed by atoms with Crippen LogP contribution in [0.25, 0.3) is 22.6 Å². The number of hydrogen-bond donors (Lipinski definition) is 1. The van der Waals surface area contributed by atoms with Gasteiger partial charge in [0.25, 0.3) is 0 Å². The fourth-order valence-electron chi connectivity index (χ4n) is 1.95. The van der Waals surface area contributed by atoms with Crippen LogP contribution in [-0.4, -0.2) is 10.1 Å². The Balaban J connectivity index is 2.21. The summed E-state index contributed by atoms with van der Waals surface area (Å²) >= 11 is 0. The number of halogens is 3. The number of rotatable bonds is 1. The average molecular weight is 279 g/mol. The van der Waals surface area contributed by atoms with Gasteiger partial charge in [0.15, 0.2) is 5.58 Å². The van der Waals surface area contributed by atoms with Gasteiger partial charge < -0.3 is 9.52 Å². The van der Waals surface area contributed by atoms with Crippen LogP contribution in [-0.2, 0) is 6.18 Å². The molecular formula is C14H8F3NO2. The zero-order chi connectivity index (χ0) is 14.3. The van der Waals surface area contributed by atoms with Crippen molar-refractivity contribution in [2.75, 3.05) is 0 Å². The van der Waals surface area contributed by atoms with Crippen molar-refractivity contribution in [3.05, 3.63) is 48.0 Å². The van der Waals surface area contributed by atoms with Gasteiger partial charge in [-0.3, -0.25) is 0 Å². The van der Waals surface area contributed by atoms with Crippen molar-refractivity contribution in [2.24, 2.45) is 0 Å². The van der Waals surface area contributed by atoms with Crippen molar-refractivity contribution in [2.45, 2.75) is 6.18 Å². The summed E-state index contributed by atoms with van der Waals surface area (Å²) in [6, 6.07) is 9.23. The Morgan fingerprint density at radius 2 is 1.80 bits per heavy atom. The lowest BCUT2D eigenvalue weighted by molar-refractivity contribution is -0.137. The summed E-state index contributed by atoms with van der Waals surface area (Å²) in [4.78, 5) is 3.99. The molecule has 0 atom stereocenters. The van der Waals surface area contributed by atoms with E-state index in [-0.39, 0.29) is 17.2 Å². The molecule has 0 saturated carbocycles. The lowest BCUT2D eigenvalue weighted by Gasteiger charge is -2.09. The molecule has 1 heterocycles. The molecule has 1 aromatic heterocycles. The topological polar surface area (TPSA) is 46.3 Å². The summed E-state index contributed by atoms with van der Waals surface area (Å²) in [5.41, 5.74) is -0.321. The molecule has 6 heteroatoms. The minimum absolute atomic E-state index is 0.0264. The lowest BCUT2D eigenvalue weighted by Crippen LogP contribution is -2.06. The number of aromatic hydroxyl groups is 1. The molecule has 0 bridgehead atoms. The monoisotopic (exact) mass is 279 g/mol. The normalized spacial score (nSPS) is 11.9. The summed E-state index contributed by atoms with van der Waals surface area (Å²) in [7, 11) is 0. The van der Waals surface area contributed by atoms with Gasteiger partial charge in [-0.05, 0) is 24.3 Å². The highest BCUT2D eigenvalue weighted by Gasteiger charge is 2.34. The van der Waals surface area contributed by atoms with Crippen LogP contribution in [0.15, 0.2) is 46.9 Å². The summed E-state index contributed by atoms with van der Waals surface area (Å²) in [5, 5.41) is 9.33. The minimum Gasteiger partial charge on any atom is -0.508 e. The summed E-state index contributed by atoms with van der Waals surface area (Å²) < 4.78 is 44.2. The van der Waals surface area contributed by atoms with Gasteiger partial charge in [-0.25, -0.2) is 4.98 Å². The molecule has 20 heavy (non-hydrogen) atoms. The number of hydrogen-bond acceptors (Lipinski definition) is 3. The number of alkyl halides is 3. The maximum atomic E-state index is 12.9. The predicted octanol–water partition coefficient (Wildman–Crippen LogP) is 4.22. The van der Waals surface area contributed by atoms with E-state index in [1.165, 1.54) is 36.4 Å². The third kappa shape index (κ3) is 2.09. The smallest absolute Gasteiger partial charge is 0.417 e. The molecule has 3 aromatic rings. The van der Waals surface area contributed by atoms with Gasteiger partial charge in [-0.2, -0.15) is 13.2 Å². The summed E-state index contributed by atoms with van der Waals surface area (Å²) in [5.74, 6) is -0.153. The van der Waals surface area contributed by atoms with E-state index in [0.717, 1.165) is 6.07 Å². The Morgan fingerprint density at radius 3 is 2.55 bits per heavy atom. The highest BCUT2D eigenvalue weighted by atomic mass is 19.4. The molecule has 0 aliphatic carbocycles. The van der Waals surface area contributed by atoms with E-state index in [4.69, 9.17) is 4.42 Å². The zero-order valence-corrected chi connectivity index (χ0v) is 9.98. The van der Waals surface area contributed by atoms with Crippen molar-refractivity contribution in [1.82, 2.24) is 4.98 Å². The number of phenols is 1. The van der Waals surface area contributed by atoms with E-state index >= 15 is 0 Å². The van der Waals surface area contributed by atoms with Crippen LogP contribution >= 0.6 is 0 Å². The summed E-state index contributed by atoms with van der Waals surface area (Å²) in [6.45, 7) is 0. The minimum atomic E-state index is -4.49. The molecule has 0 unspecified atom stereocenters. The molecule has 102 valence electrons. The van der Waals surface area contributed by atoms with Gasteiger partial charge in [-0.15, -0.1) is 0 Å². The van der Waals surface area contributed by atoms with Gasteiger partial charge >= 0.3 is 6.18 Å². The molecule has 0 fully saturated rings. The molecule has 1 N–H and O–H groups in total. The van der Waals surface area contributed by atoms with Crippen molar-refractivity contribution < 1.29 is 22.7 Å². The van der Waals surface area contributed by atoms with Crippen LogP contribution in [0.5, 0.6) is 5.75 Å². The van der Waals surface area contributed by atoms with Gasteiger partial charge in [-0.1, -0.05) is 12.1 Å². The molecule has 0 spiro atoms. The lowest BCUT2D eigenvalue weighted by atomic mass is 10.1. The van der Waals surface area contributed by atoms with Crippen LogP contribution < -0.4 is 0 Å². The van der Waals surface area contributed by atoms with E-state index in [2.05, 4.69) is 4.98 Å². The number of phenolic OH excluding ortho intramolecular Hbond substituents is 1. The van der Waals surface area contributed by atoms with E-state index in [0.29, 0.717) is 11.1 Å². The second-order valence-electron chi connectivity index (χ2n) is 4.21. The number of aromatic nitrogens is 1. The second kappa shape index (κ2) is 4.26. The number of benzene rings is 2. The van der Waals surface area contributed by atoms with Crippen LogP contribution in [0.4, 0.5) is 13.2 Å². The van der Waals surface area contributed by atoms with Crippen LogP contribution in [0.3, 0.4) is 0 Å². The van der Waals surface area contributed by atoms with E-state index in [1.54, 1.807) is 0 Å². The number of fused-ring (bicyclic) bond motifs is 1.